The molecule has 0 aliphatic heterocycles. The average Bonchev–Trinajstić information content (AvgIpc) is 3.22. The number of amides is 1. The van der Waals surface area contributed by atoms with Crippen LogP contribution in [0.15, 0.2) is 71.2 Å². The van der Waals surface area contributed by atoms with Crippen molar-refractivity contribution in [2.75, 3.05) is 0 Å². The summed E-state index contributed by atoms with van der Waals surface area (Å²) >= 11 is 1.62. The second kappa shape index (κ2) is 9.71. The lowest BCUT2D eigenvalue weighted by Crippen LogP contribution is -2.24. The lowest BCUT2D eigenvalue weighted by atomic mass is 9.82. The number of hydrazone groups is 1. The Kier molecular flexibility index (Phi) is 6.59. The van der Waals surface area contributed by atoms with Crippen LogP contribution >= 0.6 is 11.8 Å². The van der Waals surface area contributed by atoms with Gasteiger partial charge in [0, 0.05) is 30.0 Å². The fourth-order valence-corrected chi connectivity index (χ4v) is 4.51. The maximum absolute atomic E-state index is 12.6. The third-order valence-electron chi connectivity index (χ3n) is 5.33. The molecule has 1 N–H and O–H groups in total. The molecule has 1 aromatic heterocycles. The maximum Gasteiger partial charge on any atom is 0.271 e. The van der Waals surface area contributed by atoms with Crippen LogP contribution in [0.25, 0.3) is 0 Å². The SMILES string of the molecule is Cn1cnnc1SCc1ccc(C(=O)N/N=C2/CCCC[C@@H]2c2ccccc2)cc1. The van der Waals surface area contributed by atoms with Gasteiger partial charge in [0.1, 0.15) is 6.33 Å². The van der Waals surface area contributed by atoms with E-state index in [1.54, 1.807) is 18.1 Å². The fourth-order valence-electron chi connectivity index (χ4n) is 3.66. The van der Waals surface area contributed by atoms with Crippen LogP contribution in [-0.4, -0.2) is 26.4 Å². The topological polar surface area (TPSA) is 72.2 Å². The van der Waals surface area contributed by atoms with Crippen molar-refractivity contribution in [1.82, 2.24) is 20.2 Å². The number of aromatic nitrogens is 3. The first-order valence-corrected chi connectivity index (χ1v) is 11.2. The van der Waals surface area contributed by atoms with Gasteiger partial charge in [0.15, 0.2) is 5.16 Å². The van der Waals surface area contributed by atoms with Gasteiger partial charge in [-0.2, -0.15) is 5.10 Å². The minimum atomic E-state index is -0.174. The third-order valence-corrected chi connectivity index (χ3v) is 6.44. The quantitative estimate of drug-likeness (QED) is 0.470. The summed E-state index contributed by atoms with van der Waals surface area (Å²) in [5.74, 6) is 0.891. The van der Waals surface area contributed by atoms with E-state index in [0.29, 0.717) is 11.5 Å². The van der Waals surface area contributed by atoms with Crippen LogP contribution in [0.2, 0.25) is 0 Å². The summed E-state index contributed by atoms with van der Waals surface area (Å²) < 4.78 is 1.89. The molecule has 7 heteroatoms. The second-order valence-corrected chi connectivity index (χ2v) is 8.41. The van der Waals surface area contributed by atoms with E-state index in [1.807, 2.05) is 41.9 Å². The smallest absolute Gasteiger partial charge is 0.271 e. The molecule has 4 rings (SSSR count). The molecule has 1 saturated carbocycles. The largest absolute Gasteiger partial charge is 0.312 e. The van der Waals surface area contributed by atoms with Crippen LogP contribution in [0, 0.1) is 0 Å². The molecule has 3 aromatic rings. The number of hydrogen-bond acceptors (Lipinski definition) is 5. The highest BCUT2D eigenvalue weighted by Gasteiger charge is 2.22. The van der Waals surface area contributed by atoms with Crippen LogP contribution < -0.4 is 5.43 Å². The highest BCUT2D eigenvalue weighted by atomic mass is 32.2. The van der Waals surface area contributed by atoms with Crippen molar-refractivity contribution in [3.63, 3.8) is 0 Å². The molecule has 0 unspecified atom stereocenters. The molecule has 1 aliphatic rings. The van der Waals surface area contributed by atoms with Gasteiger partial charge < -0.3 is 4.57 Å². The number of hydrogen-bond donors (Lipinski definition) is 1. The van der Waals surface area contributed by atoms with Crippen molar-refractivity contribution in [1.29, 1.82) is 0 Å². The van der Waals surface area contributed by atoms with Gasteiger partial charge in [-0.25, -0.2) is 5.43 Å². The first kappa shape index (κ1) is 20.3. The number of aryl methyl sites for hydroxylation is 1. The zero-order chi connectivity index (χ0) is 20.8. The molecule has 2 aromatic carbocycles. The summed E-state index contributed by atoms with van der Waals surface area (Å²) in [6.45, 7) is 0. The summed E-state index contributed by atoms with van der Waals surface area (Å²) in [5.41, 5.74) is 6.85. The van der Waals surface area contributed by atoms with Crippen LogP contribution in [0.5, 0.6) is 0 Å². The molecule has 1 aliphatic carbocycles. The molecule has 0 radical (unpaired) electrons. The van der Waals surface area contributed by atoms with E-state index in [1.165, 1.54) is 12.0 Å². The van der Waals surface area contributed by atoms with Crippen LogP contribution in [0.1, 0.15) is 53.1 Å². The number of rotatable bonds is 6. The van der Waals surface area contributed by atoms with Crippen molar-refractivity contribution in [3.05, 3.63) is 77.6 Å². The van der Waals surface area contributed by atoms with Crippen molar-refractivity contribution in [2.24, 2.45) is 12.1 Å². The van der Waals surface area contributed by atoms with E-state index in [2.05, 4.69) is 45.0 Å². The van der Waals surface area contributed by atoms with Crippen molar-refractivity contribution in [3.8, 4) is 0 Å². The standard InChI is InChI=1S/C23H25N5OS/c1-28-16-24-27-23(28)30-15-17-11-13-19(14-12-17)22(29)26-25-21-10-6-5-9-20(21)18-7-3-2-4-8-18/h2-4,7-8,11-14,16,20H,5-6,9-10,15H2,1H3,(H,26,29)/b25-21-/t20-/m1/s1. The van der Waals surface area contributed by atoms with Crippen molar-refractivity contribution in [2.45, 2.75) is 42.5 Å². The van der Waals surface area contributed by atoms with Gasteiger partial charge in [-0.3, -0.25) is 4.79 Å². The molecular weight excluding hydrogens is 394 g/mol. The van der Waals surface area contributed by atoms with E-state index >= 15 is 0 Å². The Balaban J connectivity index is 1.37. The first-order chi connectivity index (χ1) is 14.7. The van der Waals surface area contributed by atoms with E-state index in [9.17, 15) is 4.79 Å². The molecule has 30 heavy (non-hydrogen) atoms. The first-order valence-electron chi connectivity index (χ1n) is 10.2. The lowest BCUT2D eigenvalue weighted by Gasteiger charge is -2.24. The van der Waals surface area contributed by atoms with Gasteiger partial charge in [0.25, 0.3) is 5.91 Å². The van der Waals surface area contributed by atoms with E-state index in [-0.39, 0.29) is 5.91 Å². The van der Waals surface area contributed by atoms with Crippen LogP contribution in [0.3, 0.4) is 0 Å². The number of thioether (sulfide) groups is 1. The Hall–Kier alpha value is -2.93. The zero-order valence-electron chi connectivity index (χ0n) is 17.0. The predicted octanol–water partition coefficient (Wildman–Crippen LogP) is 4.55. The Labute approximate surface area is 180 Å². The maximum atomic E-state index is 12.6. The van der Waals surface area contributed by atoms with Crippen molar-refractivity contribution < 1.29 is 4.79 Å². The van der Waals surface area contributed by atoms with Gasteiger partial charge in [-0.15, -0.1) is 10.2 Å². The third kappa shape index (κ3) is 4.97. The summed E-state index contributed by atoms with van der Waals surface area (Å²) in [6.07, 6.45) is 6.01. The Morgan fingerprint density at radius 1 is 1.17 bits per heavy atom. The van der Waals surface area contributed by atoms with E-state index in [0.717, 1.165) is 41.4 Å². The summed E-state index contributed by atoms with van der Waals surface area (Å²) in [7, 11) is 1.92. The van der Waals surface area contributed by atoms with Gasteiger partial charge in [-0.1, -0.05) is 60.6 Å². The molecular formula is C23H25N5OS. The van der Waals surface area contributed by atoms with E-state index < -0.39 is 0 Å². The molecule has 0 bridgehead atoms. The minimum Gasteiger partial charge on any atom is -0.312 e. The number of nitrogens with zero attached hydrogens (tertiary/aromatic N) is 4. The number of nitrogens with one attached hydrogen (secondary N) is 1. The average molecular weight is 420 g/mol. The van der Waals surface area contributed by atoms with Gasteiger partial charge in [0.05, 0.1) is 0 Å². The Bertz CT molecular complexity index is 1010. The Morgan fingerprint density at radius 3 is 2.70 bits per heavy atom. The van der Waals surface area contributed by atoms with Gasteiger partial charge >= 0.3 is 0 Å². The molecule has 0 saturated heterocycles. The number of carbonyl (C=O) groups is 1. The summed E-state index contributed by atoms with van der Waals surface area (Å²) in [5, 5.41) is 13.3. The molecule has 0 spiro atoms. The second-order valence-electron chi connectivity index (χ2n) is 7.46. The molecule has 1 atom stereocenters. The Morgan fingerprint density at radius 2 is 1.97 bits per heavy atom. The number of carbonyl (C=O) groups excluding carboxylic acids is 1. The number of benzene rings is 2. The van der Waals surface area contributed by atoms with E-state index in [4.69, 9.17) is 0 Å². The minimum absolute atomic E-state index is 0.174. The molecule has 6 nitrogen and oxygen atoms in total. The summed E-state index contributed by atoms with van der Waals surface area (Å²) in [4.78, 5) is 12.6. The highest BCUT2D eigenvalue weighted by Crippen LogP contribution is 2.30. The molecule has 1 fully saturated rings. The predicted molar refractivity (Wildman–Crippen MR) is 120 cm³/mol. The summed E-state index contributed by atoms with van der Waals surface area (Å²) in [6, 6.07) is 18.1. The normalized spacial score (nSPS) is 17.8. The molecule has 1 heterocycles. The fraction of sp³-hybridized carbons (Fsp3) is 0.304. The lowest BCUT2D eigenvalue weighted by molar-refractivity contribution is 0.0954. The van der Waals surface area contributed by atoms with Crippen LogP contribution in [-0.2, 0) is 12.8 Å². The zero-order valence-corrected chi connectivity index (χ0v) is 17.8. The monoisotopic (exact) mass is 419 g/mol. The van der Waals surface area contributed by atoms with Gasteiger partial charge in [-0.05, 0) is 42.5 Å². The molecule has 154 valence electrons. The van der Waals surface area contributed by atoms with Crippen LogP contribution in [0.4, 0.5) is 0 Å². The van der Waals surface area contributed by atoms with Crippen molar-refractivity contribution >= 4 is 23.4 Å². The highest BCUT2D eigenvalue weighted by molar-refractivity contribution is 7.98. The van der Waals surface area contributed by atoms with Gasteiger partial charge in [0.2, 0.25) is 0 Å². The molecule has 1 amide bonds.